The summed E-state index contributed by atoms with van der Waals surface area (Å²) in [5.74, 6) is -0.145. The Kier molecular flexibility index (Phi) is 8.28. The first-order valence-electron chi connectivity index (χ1n) is 11.9. The Morgan fingerprint density at radius 2 is 1.64 bits per heavy atom. The Morgan fingerprint density at radius 1 is 0.972 bits per heavy atom. The van der Waals surface area contributed by atoms with E-state index in [-0.39, 0.29) is 30.6 Å². The maximum absolute atomic E-state index is 13.4. The molecule has 1 heterocycles. The summed E-state index contributed by atoms with van der Waals surface area (Å²) < 4.78 is 19.0. The number of benzene rings is 3. The number of thiocarbonyl (C=S) groups is 1. The number of hydrogen-bond donors (Lipinski definition) is 1. The summed E-state index contributed by atoms with van der Waals surface area (Å²) in [5.41, 5.74) is 2.34. The van der Waals surface area contributed by atoms with E-state index in [0.717, 1.165) is 23.3 Å². The predicted octanol–water partition coefficient (Wildman–Crippen LogP) is 5.14. The summed E-state index contributed by atoms with van der Waals surface area (Å²) in [5, 5.41) is 3.21. The zero-order chi connectivity index (χ0) is 25.5. The molecule has 1 saturated heterocycles. The summed E-state index contributed by atoms with van der Waals surface area (Å²) in [6, 6.07) is 22.0. The molecule has 0 spiro atoms. The van der Waals surface area contributed by atoms with Crippen LogP contribution < -0.4 is 10.1 Å². The lowest BCUT2D eigenvalue weighted by atomic mass is 10.1. The predicted molar refractivity (Wildman–Crippen MR) is 141 cm³/mol. The van der Waals surface area contributed by atoms with Crippen LogP contribution in [0.25, 0.3) is 0 Å². The fourth-order valence-electron chi connectivity index (χ4n) is 4.01. The number of carbonyl (C=O) groups is 2. The Balaban J connectivity index is 1.49. The molecular formula is C28H28FN3O3S. The molecule has 1 N–H and O–H groups in total. The van der Waals surface area contributed by atoms with Crippen molar-refractivity contribution in [2.45, 2.75) is 38.9 Å². The van der Waals surface area contributed by atoms with Gasteiger partial charge in [0.2, 0.25) is 5.91 Å². The number of rotatable bonds is 10. The maximum Gasteiger partial charge on any atom is 0.252 e. The zero-order valence-electron chi connectivity index (χ0n) is 20.0. The van der Waals surface area contributed by atoms with Crippen molar-refractivity contribution in [2.75, 3.05) is 11.9 Å². The van der Waals surface area contributed by atoms with Crippen molar-refractivity contribution in [1.82, 2.24) is 9.80 Å². The minimum atomic E-state index is -0.765. The molecule has 36 heavy (non-hydrogen) atoms. The second-order valence-corrected chi connectivity index (χ2v) is 8.95. The lowest BCUT2D eigenvalue weighted by Crippen LogP contribution is -2.37. The summed E-state index contributed by atoms with van der Waals surface area (Å²) in [6.07, 6.45) is 0.838. The maximum atomic E-state index is 13.4. The van der Waals surface area contributed by atoms with Gasteiger partial charge in [-0.2, -0.15) is 0 Å². The van der Waals surface area contributed by atoms with Gasteiger partial charge in [0.25, 0.3) is 5.91 Å². The SMILES string of the molecule is CCCOc1ccc(NC(=O)CC2C(=O)N(Cc3ccccc3)C(=S)N2Cc2ccc(F)cc2)cc1. The Labute approximate surface area is 215 Å². The standard InChI is InChI=1S/C28H28FN3O3S/c1-2-16-35-24-14-12-23(13-15-24)30-26(33)17-25-27(34)32(19-20-6-4-3-5-7-20)28(36)31(25)18-21-8-10-22(29)11-9-21/h3-15,25H,2,16-19H2,1H3,(H,30,33). The minimum absolute atomic E-state index is 0.0699. The van der Waals surface area contributed by atoms with Crippen molar-refractivity contribution in [3.63, 3.8) is 0 Å². The van der Waals surface area contributed by atoms with Crippen molar-refractivity contribution in [2.24, 2.45) is 0 Å². The van der Waals surface area contributed by atoms with Crippen LogP contribution in [0.3, 0.4) is 0 Å². The van der Waals surface area contributed by atoms with Crippen LogP contribution >= 0.6 is 12.2 Å². The normalized spacial score (nSPS) is 15.3. The van der Waals surface area contributed by atoms with E-state index >= 15 is 0 Å². The molecule has 0 saturated carbocycles. The molecule has 0 bridgehead atoms. The molecule has 1 unspecified atom stereocenters. The van der Waals surface area contributed by atoms with Crippen molar-refractivity contribution in [3.05, 3.63) is 95.8 Å². The number of nitrogens with zero attached hydrogens (tertiary/aromatic N) is 2. The zero-order valence-corrected chi connectivity index (χ0v) is 20.8. The van der Waals surface area contributed by atoms with Crippen LogP contribution in [0.5, 0.6) is 5.75 Å². The second kappa shape index (κ2) is 11.8. The molecule has 8 heteroatoms. The number of nitrogens with one attached hydrogen (secondary N) is 1. The largest absolute Gasteiger partial charge is 0.494 e. The topological polar surface area (TPSA) is 61.9 Å². The van der Waals surface area contributed by atoms with Gasteiger partial charge in [-0.1, -0.05) is 49.4 Å². The van der Waals surface area contributed by atoms with Crippen LogP contribution in [0.2, 0.25) is 0 Å². The average Bonchev–Trinajstić information content (AvgIpc) is 3.09. The molecule has 1 fully saturated rings. The third-order valence-corrected chi connectivity index (χ3v) is 6.30. The van der Waals surface area contributed by atoms with Crippen molar-refractivity contribution < 1.29 is 18.7 Å². The van der Waals surface area contributed by atoms with Gasteiger partial charge < -0.3 is 15.0 Å². The van der Waals surface area contributed by atoms with Gasteiger partial charge in [0.1, 0.15) is 17.6 Å². The first kappa shape index (κ1) is 25.3. The van der Waals surface area contributed by atoms with Crippen molar-refractivity contribution >= 4 is 34.8 Å². The first-order chi connectivity index (χ1) is 17.4. The number of anilines is 1. The number of hydrogen-bond acceptors (Lipinski definition) is 4. The molecule has 3 aromatic rings. The van der Waals surface area contributed by atoms with Crippen molar-refractivity contribution in [1.29, 1.82) is 0 Å². The van der Waals surface area contributed by atoms with Gasteiger partial charge in [-0.15, -0.1) is 0 Å². The highest BCUT2D eigenvalue weighted by Gasteiger charge is 2.43. The van der Waals surface area contributed by atoms with Gasteiger partial charge in [0.15, 0.2) is 5.11 Å². The van der Waals surface area contributed by atoms with E-state index in [2.05, 4.69) is 5.32 Å². The monoisotopic (exact) mass is 505 g/mol. The van der Waals surface area contributed by atoms with E-state index in [0.29, 0.717) is 24.0 Å². The molecular weight excluding hydrogens is 477 g/mol. The van der Waals surface area contributed by atoms with Gasteiger partial charge in [-0.3, -0.25) is 14.5 Å². The summed E-state index contributed by atoms with van der Waals surface area (Å²) in [7, 11) is 0. The molecule has 1 aliphatic rings. The molecule has 3 aromatic carbocycles. The fourth-order valence-corrected chi connectivity index (χ4v) is 4.36. The molecule has 186 valence electrons. The molecule has 4 rings (SSSR count). The number of carbonyl (C=O) groups excluding carboxylic acids is 2. The van der Waals surface area contributed by atoms with E-state index in [1.807, 2.05) is 37.3 Å². The van der Waals surface area contributed by atoms with Gasteiger partial charge in [0.05, 0.1) is 19.6 Å². The van der Waals surface area contributed by atoms with E-state index < -0.39 is 6.04 Å². The molecule has 0 radical (unpaired) electrons. The summed E-state index contributed by atoms with van der Waals surface area (Å²) in [6.45, 7) is 3.26. The van der Waals surface area contributed by atoms with Gasteiger partial charge >= 0.3 is 0 Å². The van der Waals surface area contributed by atoms with Crippen molar-refractivity contribution in [3.8, 4) is 5.75 Å². The highest BCUT2D eigenvalue weighted by molar-refractivity contribution is 7.80. The van der Waals surface area contributed by atoms with Gasteiger partial charge in [0, 0.05) is 12.2 Å². The van der Waals surface area contributed by atoms with Crippen LogP contribution in [0.1, 0.15) is 30.9 Å². The third kappa shape index (κ3) is 6.26. The van der Waals surface area contributed by atoms with Gasteiger partial charge in [-0.05, 0) is 66.2 Å². The van der Waals surface area contributed by atoms with E-state index in [1.165, 1.54) is 17.0 Å². The molecule has 0 aliphatic carbocycles. The third-order valence-electron chi connectivity index (χ3n) is 5.84. The first-order valence-corrected chi connectivity index (χ1v) is 12.3. The van der Waals surface area contributed by atoms with Crippen LogP contribution in [0.4, 0.5) is 10.1 Å². The lowest BCUT2D eigenvalue weighted by molar-refractivity contribution is -0.131. The molecule has 1 aliphatic heterocycles. The average molecular weight is 506 g/mol. The lowest BCUT2D eigenvalue weighted by Gasteiger charge is -2.24. The highest BCUT2D eigenvalue weighted by Crippen LogP contribution is 2.26. The second-order valence-electron chi connectivity index (χ2n) is 8.59. The van der Waals surface area contributed by atoms with E-state index in [4.69, 9.17) is 17.0 Å². The fraction of sp³-hybridized carbons (Fsp3) is 0.250. The Morgan fingerprint density at radius 3 is 2.31 bits per heavy atom. The number of amides is 2. The van der Waals surface area contributed by atoms with E-state index in [1.54, 1.807) is 41.3 Å². The molecule has 1 atom stereocenters. The van der Waals surface area contributed by atoms with Crippen LogP contribution in [0.15, 0.2) is 78.9 Å². The molecule has 0 aromatic heterocycles. The summed E-state index contributed by atoms with van der Waals surface area (Å²) in [4.78, 5) is 29.7. The van der Waals surface area contributed by atoms with Crippen LogP contribution in [-0.2, 0) is 22.7 Å². The number of ether oxygens (including phenoxy) is 1. The van der Waals surface area contributed by atoms with Crippen LogP contribution in [0, 0.1) is 5.82 Å². The smallest absolute Gasteiger partial charge is 0.252 e. The Bertz CT molecular complexity index is 1200. The number of halogens is 1. The summed E-state index contributed by atoms with van der Waals surface area (Å²) >= 11 is 5.68. The molecule has 6 nitrogen and oxygen atoms in total. The van der Waals surface area contributed by atoms with Gasteiger partial charge in [-0.25, -0.2) is 4.39 Å². The quantitative estimate of drug-likeness (QED) is 0.387. The van der Waals surface area contributed by atoms with Crippen LogP contribution in [-0.4, -0.2) is 39.4 Å². The highest BCUT2D eigenvalue weighted by atomic mass is 32.1. The van der Waals surface area contributed by atoms with E-state index in [9.17, 15) is 14.0 Å². The minimum Gasteiger partial charge on any atom is -0.494 e. The Hall–Kier alpha value is -3.78. The molecule has 2 amide bonds.